The minimum absolute atomic E-state index is 0.00911. The Bertz CT molecular complexity index is 1460. The number of nitrogens with two attached hydrogens (primary N) is 2. The number of amides is 4. The van der Waals surface area contributed by atoms with Crippen molar-refractivity contribution in [3.05, 3.63) is 71.3 Å². The van der Waals surface area contributed by atoms with Crippen molar-refractivity contribution in [2.75, 3.05) is 8.61 Å². The molecule has 3 rings (SSSR count). The third-order valence-electron chi connectivity index (χ3n) is 4.78. The highest BCUT2D eigenvalue weighted by atomic mass is 32.2. The van der Waals surface area contributed by atoms with Crippen molar-refractivity contribution >= 4 is 43.9 Å². The van der Waals surface area contributed by atoms with E-state index in [2.05, 4.69) is 0 Å². The van der Waals surface area contributed by atoms with Gasteiger partial charge < -0.3 is 15.9 Å². The van der Waals surface area contributed by atoms with Crippen molar-refractivity contribution in [1.82, 2.24) is 0 Å². The number of carbonyl (C=O) groups is 2. The van der Waals surface area contributed by atoms with Crippen LogP contribution in [0.15, 0.2) is 68.8 Å². The molecule has 0 radical (unpaired) electrons. The molecule has 0 atom stereocenters. The van der Waals surface area contributed by atoms with E-state index >= 15 is 0 Å². The molecule has 0 aliphatic heterocycles. The molecule has 1 heterocycles. The minimum atomic E-state index is -4.54. The van der Waals surface area contributed by atoms with Gasteiger partial charge in [0, 0.05) is 11.6 Å². The number of nitrogens with zero attached hydrogens (tertiary/aromatic N) is 2. The van der Waals surface area contributed by atoms with Gasteiger partial charge in [-0.1, -0.05) is 35.4 Å². The molecule has 0 aliphatic carbocycles. The van der Waals surface area contributed by atoms with Crippen LogP contribution in [-0.4, -0.2) is 28.9 Å². The summed E-state index contributed by atoms with van der Waals surface area (Å²) >= 11 is 0. The number of hydrogen-bond acceptors (Lipinski definition) is 7. The first kappa shape index (κ1) is 24.8. The van der Waals surface area contributed by atoms with Crippen LogP contribution in [-0.2, 0) is 20.0 Å². The fraction of sp³-hybridized carbons (Fsp3) is 0.143. The quantitative estimate of drug-likeness (QED) is 0.517. The van der Waals surface area contributed by atoms with Crippen LogP contribution in [0.5, 0.6) is 0 Å². The molecular weight excluding hydrogens is 484 g/mol. The lowest BCUT2D eigenvalue weighted by Crippen LogP contribution is -2.41. The van der Waals surface area contributed by atoms with Gasteiger partial charge in [-0.05, 0) is 45.0 Å². The van der Waals surface area contributed by atoms with E-state index in [1.165, 1.54) is 55.5 Å². The molecule has 3 aromatic rings. The summed E-state index contributed by atoms with van der Waals surface area (Å²) in [5.74, 6) is -1.21. The monoisotopic (exact) mass is 506 g/mol. The molecule has 34 heavy (non-hydrogen) atoms. The highest BCUT2D eigenvalue weighted by Crippen LogP contribution is 2.35. The van der Waals surface area contributed by atoms with E-state index in [1.54, 1.807) is 13.8 Å². The van der Waals surface area contributed by atoms with Gasteiger partial charge in [-0.2, -0.15) is 8.61 Å². The lowest BCUT2D eigenvalue weighted by molar-refractivity contribution is 0.256. The minimum Gasteiger partial charge on any atom is -0.422 e. The number of hydrogen-bond donors (Lipinski definition) is 2. The highest BCUT2D eigenvalue weighted by Gasteiger charge is 2.37. The standard InChI is InChI=1S/C21H22N4O7S2/c1-13-4-8-16(9-5-13)33(28,29)24(20(22)26)18-12-15(3)19(32-18)25(21(23)27)34(30,31)17-10-6-14(2)7-11-17/h4-12H,1-3H3,(H2,22,26)(H2,23,27). The Hall–Kier alpha value is -3.84. The summed E-state index contributed by atoms with van der Waals surface area (Å²) < 4.78 is 58.3. The van der Waals surface area contributed by atoms with Crippen LogP contribution in [0, 0.1) is 20.8 Å². The molecule has 4 amide bonds. The summed E-state index contributed by atoms with van der Waals surface area (Å²) in [6.07, 6.45) is 0. The van der Waals surface area contributed by atoms with Gasteiger partial charge in [-0.3, -0.25) is 0 Å². The smallest absolute Gasteiger partial charge is 0.336 e. The Morgan fingerprint density at radius 3 is 1.47 bits per heavy atom. The molecule has 1 aromatic heterocycles. The summed E-state index contributed by atoms with van der Waals surface area (Å²) in [4.78, 5) is 23.8. The third kappa shape index (κ3) is 4.47. The molecule has 2 aromatic carbocycles. The van der Waals surface area contributed by atoms with Crippen LogP contribution in [0.4, 0.5) is 21.4 Å². The molecule has 0 bridgehead atoms. The molecule has 13 heteroatoms. The van der Waals surface area contributed by atoms with Crippen LogP contribution < -0.4 is 20.1 Å². The van der Waals surface area contributed by atoms with Crippen molar-refractivity contribution in [3.8, 4) is 0 Å². The molecule has 0 saturated carbocycles. The van der Waals surface area contributed by atoms with Gasteiger partial charge >= 0.3 is 12.1 Å². The zero-order chi connectivity index (χ0) is 25.4. The van der Waals surface area contributed by atoms with E-state index in [9.17, 15) is 26.4 Å². The van der Waals surface area contributed by atoms with Crippen molar-refractivity contribution in [1.29, 1.82) is 0 Å². The van der Waals surface area contributed by atoms with Gasteiger partial charge in [0.1, 0.15) is 0 Å². The number of rotatable bonds is 6. The van der Waals surface area contributed by atoms with Crippen molar-refractivity contribution in [2.24, 2.45) is 11.5 Å². The summed E-state index contributed by atoms with van der Waals surface area (Å²) in [5, 5.41) is 0. The van der Waals surface area contributed by atoms with Crippen LogP contribution >= 0.6 is 0 Å². The Balaban J connectivity index is 2.15. The molecule has 0 unspecified atom stereocenters. The molecule has 0 aliphatic rings. The average Bonchev–Trinajstić information content (AvgIpc) is 3.07. The Kier molecular flexibility index (Phi) is 6.44. The first-order chi connectivity index (χ1) is 15.8. The van der Waals surface area contributed by atoms with Gasteiger partial charge in [-0.25, -0.2) is 26.4 Å². The summed E-state index contributed by atoms with van der Waals surface area (Å²) in [7, 11) is -9.07. The first-order valence-electron chi connectivity index (χ1n) is 9.70. The van der Waals surface area contributed by atoms with Gasteiger partial charge in [0.05, 0.1) is 9.79 Å². The zero-order valence-corrected chi connectivity index (χ0v) is 20.1. The van der Waals surface area contributed by atoms with Crippen LogP contribution in [0.1, 0.15) is 16.7 Å². The number of aryl methyl sites for hydroxylation is 3. The highest BCUT2D eigenvalue weighted by molar-refractivity contribution is 7.94. The summed E-state index contributed by atoms with van der Waals surface area (Å²) in [6, 6.07) is 9.43. The SMILES string of the molecule is Cc1ccc(S(=O)(=O)N(C(N)=O)c2cc(C)c(N(C(N)=O)S(=O)(=O)c3ccc(C)cc3)o2)cc1. The molecule has 11 nitrogen and oxygen atoms in total. The van der Waals surface area contributed by atoms with Crippen LogP contribution in [0.3, 0.4) is 0 Å². The number of anilines is 2. The average molecular weight is 507 g/mol. The summed E-state index contributed by atoms with van der Waals surface area (Å²) in [6.45, 7) is 4.84. The second-order valence-corrected chi connectivity index (χ2v) is 11.0. The van der Waals surface area contributed by atoms with E-state index in [1.807, 2.05) is 0 Å². The first-order valence-corrected chi connectivity index (χ1v) is 12.6. The number of primary amides is 2. The molecule has 4 N–H and O–H groups in total. The third-order valence-corrected chi connectivity index (χ3v) is 8.18. The lowest BCUT2D eigenvalue weighted by atomic mass is 10.2. The maximum absolute atomic E-state index is 13.1. The van der Waals surface area contributed by atoms with Gasteiger partial charge in [-0.15, -0.1) is 0 Å². The largest absolute Gasteiger partial charge is 0.422 e. The van der Waals surface area contributed by atoms with E-state index in [0.717, 1.165) is 17.2 Å². The number of urea groups is 2. The second-order valence-electron chi connectivity index (χ2n) is 7.41. The van der Waals surface area contributed by atoms with Crippen LogP contribution in [0.2, 0.25) is 0 Å². The normalized spacial score (nSPS) is 11.7. The second kappa shape index (κ2) is 8.83. The van der Waals surface area contributed by atoms with Gasteiger partial charge in [0.2, 0.25) is 11.8 Å². The Morgan fingerprint density at radius 1 is 0.706 bits per heavy atom. The fourth-order valence-corrected chi connectivity index (χ4v) is 5.64. The lowest BCUT2D eigenvalue weighted by Gasteiger charge is -2.20. The topological polar surface area (TPSA) is 174 Å². The number of benzene rings is 2. The molecule has 0 saturated heterocycles. The van der Waals surface area contributed by atoms with Gasteiger partial charge in [0.25, 0.3) is 20.0 Å². The number of furan rings is 1. The van der Waals surface area contributed by atoms with Crippen molar-refractivity contribution < 1.29 is 30.8 Å². The maximum Gasteiger partial charge on any atom is 0.336 e. The number of sulfonamides is 2. The molecule has 0 spiro atoms. The molecule has 180 valence electrons. The van der Waals surface area contributed by atoms with Gasteiger partial charge in [0.15, 0.2) is 0 Å². The predicted octanol–water partition coefficient (Wildman–Crippen LogP) is 2.75. The molecular formula is C21H22N4O7S2. The summed E-state index contributed by atoms with van der Waals surface area (Å²) in [5.41, 5.74) is 12.2. The van der Waals surface area contributed by atoms with E-state index in [-0.39, 0.29) is 24.0 Å². The van der Waals surface area contributed by atoms with E-state index in [0.29, 0.717) is 0 Å². The Morgan fingerprint density at radius 2 is 1.09 bits per heavy atom. The van der Waals surface area contributed by atoms with Crippen molar-refractivity contribution in [3.63, 3.8) is 0 Å². The number of carbonyl (C=O) groups excluding carboxylic acids is 2. The van der Waals surface area contributed by atoms with Crippen LogP contribution in [0.25, 0.3) is 0 Å². The Labute approximate surface area is 196 Å². The molecule has 0 fully saturated rings. The predicted molar refractivity (Wildman–Crippen MR) is 124 cm³/mol. The zero-order valence-electron chi connectivity index (χ0n) is 18.4. The fourth-order valence-electron chi connectivity index (χ4n) is 3.06. The van der Waals surface area contributed by atoms with Crippen molar-refractivity contribution in [2.45, 2.75) is 30.6 Å². The van der Waals surface area contributed by atoms with E-state index < -0.39 is 43.9 Å². The maximum atomic E-state index is 13.1. The van der Waals surface area contributed by atoms with E-state index in [4.69, 9.17) is 15.9 Å².